The van der Waals surface area contributed by atoms with Gasteiger partial charge in [-0.3, -0.25) is 4.79 Å². The molecule has 4 aromatic rings. The molecule has 2 heterocycles. The molecule has 31 heavy (non-hydrogen) atoms. The molecule has 6 rings (SSSR count). The van der Waals surface area contributed by atoms with E-state index < -0.39 is 0 Å². The third kappa shape index (κ3) is 3.07. The molecule has 1 saturated carbocycles. The van der Waals surface area contributed by atoms with E-state index in [9.17, 15) is 4.79 Å². The number of rotatable bonds is 5. The van der Waals surface area contributed by atoms with Gasteiger partial charge in [-0.05, 0) is 82.8 Å². The first-order valence-corrected chi connectivity index (χ1v) is 11.1. The first-order valence-electron chi connectivity index (χ1n) is 11.1. The molecule has 3 nitrogen and oxygen atoms in total. The van der Waals surface area contributed by atoms with E-state index in [-0.39, 0.29) is 5.41 Å². The number of ether oxygens (including phenoxy) is 1. The molecule has 3 heteroatoms. The van der Waals surface area contributed by atoms with Gasteiger partial charge in [0.1, 0.15) is 11.5 Å². The number of aromatic amines is 1. The van der Waals surface area contributed by atoms with E-state index in [2.05, 4.69) is 66.5 Å². The van der Waals surface area contributed by atoms with Gasteiger partial charge in [-0.1, -0.05) is 36.4 Å². The SMILES string of the molecule is Cc1ccc(CC(=O)C2(c3ccc4c(c3)CCO4)CC2)cc1-c1ccc2[nH]ccc2c1. The molecule has 154 valence electrons. The smallest absolute Gasteiger partial charge is 0.147 e. The van der Waals surface area contributed by atoms with Crippen LogP contribution in [0.15, 0.2) is 66.9 Å². The van der Waals surface area contributed by atoms with Crippen molar-refractivity contribution in [2.24, 2.45) is 0 Å². The lowest BCUT2D eigenvalue weighted by atomic mass is 9.86. The van der Waals surface area contributed by atoms with E-state index in [1.807, 2.05) is 12.3 Å². The summed E-state index contributed by atoms with van der Waals surface area (Å²) in [4.78, 5) is 16.7. The van der Waals surface area contributed by atoms with E-state index >= 15 is 0 Å². The van der Waals surface area contributed by atoms with Crippen molar-refractivity contribution in [3.05, 3.63) is 89.1 Å². The lowest BCUT2D eigenvalue weighted by Crippen LogP contribution is -2.22. The summed E-state index contributed by atoms with van der Waals surface area (Å²) < 4.78 is 5.64. The average Bonchev–Trinajstić information content (AvgIpc) is 3.24. The van der Waals surface area contributed by atoms with E-state index in [0.717, 1.165) is 42.7 Å². The Morgan fingerprint density at radius 1 is 1.03 bits per heavy atom. The van der Waals surface area contributed by atoms with Gasteiger partial charge in [0.2, 0.25) is 0 Å². The number of carbonyl (C=O) groups excluding carboxylic acids is 1. The molecule has 3 aromatic carbocycles. The van der Waals surface area contributed by atoms with Crippen LogP contribution in [-0.4, -0.2) is 17.4 Å². The number of aromatic nitrogens is 1. The third-order valence-corrected chi connectivity index (χ3v) is 7.06. The Hall–Kier alpha value is -3.33. The lowest BCUT2D eigenvalue weighted by Gasteiger charge is -2.16. The molecule has 0 bridgehead atoms. The zero-order valence-electron chi connectivity index (χ0n) is 17.7. The fraction of sp³-hybridized carbons (Fsp3) is 0.250. The first kappa shape index (κ1) is 18.4. The average molecular weight is 408 g/mol. The van der Waals surface area contributed by atoms with Crippen LogP contribution in [-0.2, 0) is 23.1 Å². The largest absolute Gasteiger partial charge is 0.493 e. The van der Waals surface area contributed by atoms with Crippen molar-refractivity contribution in [1.82, 2.24) is 4.98 Å². The summed E-state index contributed by atoms with van der Waals surface area (Å²) in [6, 6.07) is 21.4. The minimum absolute atomic E-state index is 0.299. The van der Waals surface area contributed by atoms with Crippen LogP contribution in [0, 0.1) is 6.92 Å². The van der Waals surface area contributed by atoms with Gasteiger partial charge in [-0.2, -0.15) is 0 Å². The Morgan fingerprint density at radius 2 is 1.94 bits per heavy atom. The van der Waals surface area contributed by atoms with Crippen LogP contribution < -0.4 is 4.74 Å². The molecule has 1 fully saturated rings. The number of carbonyl (C=O) groups is 1. The molecule has 1 aliphatic heterocycles. The number of hydrogen-bond donors (Lipinski definition) is 1. The van der Waals surface area contributed by atoms with Gasteiger partial charge in [-0.25, -0.2) is 0 Å². The summed E-state index contributed by atoms with van der Waals surface area (Å²) in [5.41, 5.74) is 7.98. The quantitative estimate of drug-likeness (QED) is 0.446. The molecule has 1 N–H and O–H groups in total. The number of H-pyrrole nitrogens is 1. The molecule has 0 unspecified atom stereocenters. The van der Waals surface area contributed by atoms with Crippen molar-refractivity contribution < 1.29 is 9.53 Å². The highest BCUT2D eigenvalue weighted by Gasteiger charge is 2.50. The Labute approximate surface area is 182 Å². The van der Waals surface area contributed by atoms with Crippen molar-refractivity contribution in [1.29, 1.82) is 0 Å². The fourth-order valence-corrected chi connectivity index (χ4v) is 5.00. The van der Waals surface area contributed by atoms with Crippen molar-refractivity contribution in [2.75, 3.05) is 6.61 Å². The highest BCUT2D eigenvalue weighted by molar-refractivity contribution is 5.95. The second-order valence-corrected chi connectivity index (χ2v) is 9.03. The van der Waals surface area contributed by atoms with E-state index in [0.29, 0.717) is 12.2 Å². The normalized spacial score (nSPS) is 16.2. The number of hydrogen-bond acceptors (Lipinski definition) is 2. The van der Waals surface area contributed by atoms with Crippen LogP contribution in [0.25, 0.3) is 22.0 Å². The van der Waals surface area contributed by atoms with E-state index in [1.165, 1.54) is 33.2 Å². The maximum atomic E-state index is 13.4. The van der Waals surface area contributed by atoms with Crippen LogP contribution in [0.5, 0.6) is 5.75 Å². The highest BCUT2D eigenvalue weighted by Crippen LogP contribution is 2.50. The van der Waals surface area contributed by atoms with Gasteiger partial charge >= 0.3 is 0 Å². The summed E-state index contributed by atoms with van der Waals surface area (Å²) in [6.07, 6.45) is 5.30. The molecular formula is C28H25NO2. The molecule has 2 aliphatic rings. The van der Waals surface area contributed by atoms with Crippen LogP contribution in [0.2, 0.25) is 0 Å². The zero-order chi connectivity index (χ0) is 21.0. The summed E-state index contributed by atoms with van der Waals surface area (Å²) in [5, 5.41) is 1.20. The topological polar surface area (TPSA) is 42.1 Å². The second-order valence-electron chi connectivity index (χ2n) is 9.03. The van der Waals surface area contributed by atoms with Gasteiger partial charge in [0.05, 0.1) is 12.0 Å². The van der Waals surface area contributed by atoms with Gasteiger partial charge in [0.15, 0.2) is 0 Å². The maximum Gasteiger partial charge on any atom is 0.147 e. The van der Waals surface area contributed by atoms with Crippen molar-refractivity contribution >= 4 is 16.7 Å². The van der Waals surface area contributed by atoms with E-state index in [4.69, 9.17) is 4.74 Å². The molecule has 1 aromatic heterocycles. The summed E-state index contributed by atoms with van der Waals surface area (Å²) in [5.74, 6) is 1.32. The number of ketones is 1. The Morgan fingerprint density at radius 3 is 2.81 bits per heavy atom. The van der Waals surface area contributed by atoms with Gasteiger partial charge in [0.25, 0.3) is 0 Å². The van der Waals surface area contributed by atoms with Crippen LogP contribution in [0.4, 0.5) is 0 Å². The van der Waals surface area contributed by atoms with Gasteiger partial charge in [0, 0.05) is 24.6 Å². The molecule has 0 spiro atoms. The van der Waals surface area contributed by atoms with Crippen molar-refractivity contribution in [3.8, 4) is 16.9 Å². The molecule has 0 amide bonds. The number of nitrogens with one attached hydrogen (secondary N) is 1. The van der Waals surface area contributed by atoms with Gasteiger partial charge < -0.3 is 9.72 Å². The molecule has 0 atom stereocenters. The monoisotopic (exact) mass is 407 g/mol. The van der Waals surface area contributed by atoms with Crippen LogP contribution >= 0.6 is 0 Å². The highest BCUT2D eigenvalue weighted by atomic mass is 16.5. The van der Waals surface area contributed by atoms with Crippen LogP contribution in [0.1, 0.15) is 35.1 Å². The maximum absolute atomic E-state index is 13.4. The summed E-state index contributed by atoms with van der Waals surface area (Å²) >= 11 is 0. The standard InChI is InChI=1S/C28H25NO2/c1-18-2-3-19(14-24(18)20-4-6-25-21(16-20)8-12-29-25)15-27(30)28(10-11-28)23-5-7-26-22(17-23)9-13-31-26/h2-8,12,14,16-17,29H,9-11,13,15H2,1H3. The van der Waals surface area contributed by atoms with Gasteiger partial charge in [-0.15, -0.1) is 0 Å². The van der Waals surface area contributed by atoms with Crippen LogP contribution in [0.3, 0.4) is 0 Å². The number of fused-ring (bicyclic) bond motifs is 2. The minimum Gasteiger partial charge on any atom is -0.493 e. The predicted molar refractivity (Wildman–Crippen MR) is 124 cm³/mol. The van der Waals surface area contributed by atoms with Crippen molar-refractivity contribution in [3.63, 3.8) is 0 Å². The first-order chi connectivity index (χ1) is 15.1. The lowest BCUT2D eigenvalue weighted by molar-refractivity contribution is -0.120. The van der Waals surface area contributed by atoms with Crippen molar-refractivity contribution in [2.45, 2.75) is 38.0 Å². The summed E-state index contributed by atoms with van der Waals surface area (Å²) in [7, 11) is 0. The number of benzene rings is 3. The molecule has 0 saturated heterocycles. The Bertz CT molecular complexity index is 1330. The Balaban J connectivity index is 1.29. The second kappa shape index (κ2) is 6.84. The summed E-state index contributed by atoms with van der Waals surface area (Å²) in [6.45, 7) is 2.89. The number of Topliss-reactive ketones (excluding diaryl/α,β-unsaturated/α-hetero) is 1. The fourth-order valence-electron chi connectivity index (χ4n) is 5.00. The molecule has 1 aliphatic carbocycles. The third-order valence-electron chi connectivity index (χ3n) is 7.06. The predicted octanol–water partition coefficient (Wildman–Crippen LogP) is 5.92. The van der Waals surface area contributed by atoms with E-state index in [1.54, 1.807) is 0 Å². The number of aryl methyl sites for hydroxylation is 1. The minimum atomic E-state index is -0.299. The zero-order valence-corrected chi connectivity index (χ0v) is 17.7. The molecule has 0 radical (unpaired) electrons. The molecular weight excluding hydrogens is 382 g/mol. The Kier molecular flexibility index (Phi) is 4.07.